The number of nitrogens with one attached hydrogen (secondary N) is 1. The van der Waals surface area contributed by atoms with Gasteiger partial charge < -0.3 is 19.2 Å². The van der Waals surface area contributed by atoms with Crippen LogP contribution >= 0.6 is 11.3 Å². The van der Waals surface area contributed by atoms with Crippen LogP contribution in [0.4, 0.5) is 0 Å². The lowest BCUT2D eigenvalue weighted by Gasteiger charge is -2.13. The molecule has 0 spiro atoms. The fourth-order valence-electron chi connectivity index (χ4n) is 3.09. The molecule has 0 saturated heterocycles. The molecule has 2 heterocycles. The highest BCUT2D eigenvalue weighted by molar-refractivity contribution is 7.20. The summed E-state index contributed by atoms with van der Waals surface area (Å²) in [5.41, 5.74) is 1.11. The van der Waals surface area contributed by atoms with Gasteiger partial charge in [0.2, 0.25) is 0 Å². The van der Waals surface area contributed by atoms with Crippen molar-refractivity contribution in [2.24, 2.45) is 0 Å². The number of rotatable bonds is 9. The van der Waals surface area contributed by atoms with Crippen LogP contribution in [0.2, 0.25) is 0 Å². The Morgan fingerprint density at radius 1 is 1.16 bits per heavy atom. The van der Waals surface area contributed by atoms with Crippen LogP contribution < -0.4 is 15.0 Å². The molecule has 2 aromatic heterocycles. The van der Waals surface area contributed by atoms with Crippen molar-refractivity contribution in [3.8, 4) is 11.5 Å². The summed E-state index contributed by atoms with van der Waals surface area (Å²) in [5.74, 6) is 1.27. The van der Waals surface area contributed by atoms with Gasteiger partial charge in [-0.1, -0.05) is 19.1 Å². The molecule has 0 fully saturated rings. The monoisotopic (exact) mass is 442 g/mol. The predicted octanol–water partition coefficient (Wildman–Crippen LogP) is 4.83. The highest BCUT2D eigenvalue weighted by Crippen LogP contribution is 2.33. The van der Waals surface area contributed by atoms with E-state index in [0.717, 1.165) is 23.3 Å². The molecule has 1 aromatic carbocycles. The predicted molar refractivity (Wildman–Crippen MR) is 123 cm³/mol. The van der Waals surface area contributed by atoms with Crippen molar-refractivity contribution in [1.29, 1.82) is 0 Å². The Morgan fingerprint density at radius 3 is 2.68 bits per heavy atom. The van der Waals surface area contributed by atoms with Gasteiger partial charge in [0, 0.05) is 5.56 Å². The van der Waals surface area contributed by atoms with Crippen molar-refractivity contribution < 1.29 is 19.0 Å². The summed E-state index contributed by atoms with van der Waals surface area (Å²) in [7, 11) is 0. The van der Waals surface area contributed by atoms with E-state index in [1.165, 1.54) is 0 Å². The van der Waals surface area contributed by atoms with Gasteiger partial charge in [0.15, 0.2) is 11.5 Å². The van der Waals surface area contributed by atoms with Gasteiger partial charge >= 0.3 is 5.97 Å². The molecule has 0 aliphatic carbocycles. The zero-order valence-corrected chi connectivity index (χ0v) is 18.9. The quantitative estimate of drug-likeness (QED) is 0.478. The number of ether oxygens (including phenoxy) is 3. The molecule has 0 aliphatic rings. The molecule has 164 valence electrons. The number of carbonyl (C=O) groups is 1. The number of aryl methyl sites for hydroxylation is 1. The van der Waals surface area contributed by atoms with Gasteiger partial charge in [0.25, 0.3) is 5.56 Å². The molecule has 1 N–H and O–H groups in total. The van der Waals surface area contributed by atoms with Gasteiger partial charge in [0.1, 0.15) is 15.5 Å². The number of aromatic nitrogens is 2. The first-order valence-corrected chi connectivity index (χ1v) is 11.1. The lowest BCUT2D eigenvalue weighted by molar-refractivity contribution is 0.0531. The molecule has 0 unspecified atom stereocenters. The average Bonchev–Trinajstić information content (AvgIpc) is 3.09. The molecule has 3 rings (SSSR count). The number of hydrogen-bond donors (Lipinski definition) is 1. The lowest BCUT2D eigenvalue weighted by Crippen LogP contribution is -2.10. The average molecular weight is 443 g/mol. The number of H-pyrrole nitrogens is 1. The van der Waals surface area contributed by atoms with E-state index in [1.54, 1.807) is 19.9 Å². The molecule has 0 aliphatic heterocycles. The van der Waals surface area contributed by atoms with Gasteiger partial charge in [-0.25, -0.2) is 9.78 Å². The van der Waals surface area contributed by atoms with Crippen LogP contribution in [0.25, 0.3) is 22.4 Å². The number of para-hydroxylation sites is 1. The maximum atomic E-state index is 12.7. The molecule has 31 heavy (non-hydrogen) atoms. The Hall–Kier alpha value is -3.13. The van der Waals surface area contributed by atoms with Gasteiger partial charge in [-0.2, -0.15) is 0 Å². The molecule has 0 bridgehead atoms. The van der Waals surface area contributed by atoms with Gasteiger partial charge in [-0.3, -0.25) is 4.79 Å². The Balaban J connectivity index is 1.99. The van der Waals surface area contributed by atoms with Crippen LogP contribution in [-0.4, -0.2) is 35.8 Å². The van der Waals surface area contributed by atoms with E-state index < -0.39 is 5.97 Å². The van der Waals surface area contributed by atoms with Crippen LogP contribution in [0.5, 0.6) is 11.5 Å². The van der Waals surface area contributed by atoms with E-state index in [-0.39, 0.29) is 12.2 Å². The molecule has 0 saturated carbocycles. The minimum Gasteiger partial charge on any atom is -0.490 e. The Morgan fingerprint density at radius 2 is 1.97 bits per heavy atom. The molecule has 7 nitrogen and oxygen atoms in total. The summed E-state index contributed by atoms with van der Waals surface area (Å²) in [4.78, 5) is 33.0. The SMILES string of the molecule is CCCOc1c(/C=C/c2nc3sc(C(=O)OCC)c(C)c3c(=O)[nH]2)cccc1OCC. The van der Waals surface area contributed by atoms with Crippen LogP contribution in [0.1, 0.15) is 53.8 Å². The third kappa shape index (κ3) is 4.96. The lowest BCUT2D eigenvalue weighted by atomic mass is 10.1. The Bertz CT molecular complexity index is 1160. The first kappa shape index (κ1) is 22.6. The maximum absolute atomic E-state index is 12.7. The van der Waals surface area contributed by atoms with Crippen LogP contribution in [0.3, 0.4) is 0 Å². The summed E-state index contributed by atoms with van der Waals surface area (Å²) in [6.07, 6.45) is 4.41. The summed E-state index contributed by atoms with van der Waals surface area (Å²) in [6.45, 7) is 8.80. The molecule has 8 heteroatoms. The molecular weight excluding hydrogens is 416 g/mol. The van der Waals surface area contributed by atoms with E-state index in [1.807, 2.05) is 38.1 Å². The van der Waals surface area contributed by atoms with Gasteiger partial charge in [0.05, 0.1) is 25.2 Å². The summed E-state index contributed by atoms with van der Waals surface area (Å²) >= 11 is 1.16. The molecule has 0 amide bonds. The third-order valence-electron chi connectivity index (χ3n) is 4.46. The van der Waals surface area contributed by atoms with E-state index in [4.69, 9.17) is 14.2 Å². The standard InChI is InChI=1S/C23H26N2O5S/c1-5-13-30-19-15(9-8-10-16(19)28-6-2)11-12-17-24-21(26)18-14(4)20(23(27)29-7-3)31-22(18)25-17/h8-12H,5-7,13H2,1-4H3,(H,24,25,26)/b12-11+. The summed E-state index contributed by atoms with van der Waals surface area (Å²) in [5, 5.41) is 0.413. The summed E-state index contributed by atoms with van der Waals surface area (Å²) < 4.78 is 16.7. The smallest absolute Gasteiger partial charge is 0.348 e. The Kier molecular flexibility index (Phi) is 7.46. The van der Waals surface area contributed by atoms with Crippen molar-refractivity contribution in [2.45, 2.75) is 34.1 Å². The largest absolute Gasteiger partial charge is 0.490 e. The zero-order chi connectivity index (χ0) is 22.4. The highest BCUT2D eigenvalue weighted by atomic mass is 32.1. The van der Waals surface area contributed by atoms with Crippen molar-refractivity contribution in [3.63, 3.8) is 0 Å². The van der Waals surface area contributed by atoms with Crippen molar-refractivity contribution in [1.82, 2.24) is 9.97 Å². The number of fused-ring (bicyclic) bond motifs is 1. The van der Waals surface area contributed by atoms with E-state index >= 15 is 0 Å². The molecular formula is C23H26N2O5S. The fourth-order valence-corrected chi connectivity index (χ4v) is 4.17. The van der Waals surface area contributed by atoms with E-state index in [2.05, 4.69) is 9.97 Å². The second-order valence-corrected chi connectivity index (χ2v) is 7.70. The number of thiophene rings is 1. The second kappa shape index (κ2) is 10.3. The Labute approximate surface area is 184 Å². The zero-order valence-electron chi connectivity index (χ0n) is 18.1. The number of benzene rings is 1. The molecule has 3 aromatic rings. The van der Waals surface area contributed by atoms with Gasteiger partial charge in [-0.15, -0.1) is 11.3 Å². The maximum Gasteiger partial charge on any atom is 0.348 e. The number of nitrogens with zero attached hydrogens (tertiary/aromatic N) is 1. The first-order valence-electron chi connectivity index (χ1n) is 10.3. The van der Waals surface area contributed by atoms with Crippen molar-refractivity contribution in [2.75, 3.05) is 19.8 Å². The number of esters is 1. The van der Waals surface area contributed by atoms with E-state index in [9.17, 15) is 9.59 Å². The number of hydrogen-bond acceptors (Lipinski definition) is 7. The number of aromatic amines is 1. The second-order valence-electron chi connectivity index (χ2n) is 6.70. The third-order valence-corrected chi connectivity index (χ3v) is 5.63. The topological polar surface area (TPSA) is 90.5 Å². The molecule has 0 atom stereocenters. The highest BCUT2D eigenvalue weighted by Gasteiger charge is 2.20. The van der Waals surface area contributed by atoms with E-state index in [0.29, 0.717) is 51.2 Å². The van der Waals surface area contributed by atoms with Crippen molar-refractivity contribution >= 4 is 39.7 Å². The molecule has 0 radical (unpaired) electrons. The van der Waals surface area contributed by atoms with Crippen LogP contribution in [0, 0.1) is 6.92 Å². The van der Waals surface area contributed by atoms with Crippen LogP contribution in [0.15, 0.2) is 23.0 Å². The van der Waals surface area contributed by atoms with Crippen molar-refractivity contribution in [3.05, 3.63) is 50.4 Å². The van der Waals surface area contributed by atoms with Gasteiger partial charge in [-0.05, 0) is 51.0 Å². The minimum atomic E-state index is -0.440. The first-order chi connectivity index (χ1) is 15.0. The normalized spacial score (nSPS) is 11.2. The number of carbonyl (C=O) groups excluding carboxylic acids is 1. The van der Waals surface area contributed by atoms with Crippen LogP contribution in [-0.2, 0) is 4.74 Å². The summed E-state index contributed by atoms with van der Waals surface area (Å²) in [6, 6.07) is 5.66. The minimum absolute atomic E-state index is 0.271. The fraction of sp³-hybridized carbons (Fsp3) is 0.348.